The molecule has 2 aromatic heterocycles. The maximum atomic E-state index is 11.3. The average Bonchev–Trinajstić information content (AvgIpc) is 2.57. The maximum Gasteiger partial charge on any atom is 0.317 e. The second-order valence-corrected chi connectivity index (χ2v) is 4.76. The second kappa shape index (κ2) is 3.43. The van der Waals surface area contributed by atoms with Gasteiger partial charge in [0.15, 0.2) is 11.5 Å². The fourth-order valence-electron chi connectivity index (χ4n) is 2.12. The lowest BCUT2D eigenvalue weighted by atomic mass is 9.68. The van der Waals surface area contributed by atoms with Crippen LogP contribution in [0.3, 0.4) is 0 Å². The van der Waals surface area contributed by atoms with Crippen molar-refractivity contribution in [2.75, 3.05) is 0 Å². The van der Waals surface area contributed by atoms with Crippen LogP contribution in [-0.4, -0.2) is 25.7 Å². The van der Waals surface area contributed by atoms with Crippen molar-refractivity contribution >= 4 is 23.2 Å². The third-order valence-electron chi connectivity index (χ3n) is 3.34. The van der Waals surface area contributed by atoms with Crippen LogP contribution in [0, 0.1) is 0 Å². The molecule has 0 bridgehead atoms. The number of aromatic nitrogens is 3. The molecule has 0 spiro atoms. The third-order valence-corrected chi connectivity index (χ3v) is 3.56. The third kappa shape index (κ3) is 1.42. The quantitative estimate of drug-likeness (QED) is 0.885. The molecule has 2 heterocycles. The van der Waals surface area contributed by atoms with Crippen molar-refractivity contribution in [1.82, 2.24) is 14.6 Å². The molecule has 1 aliphatic rings. The number of halogens is 1. The van der Waals surface area contributed by atoms with E-state index in [-0.39, 0.29) is 0 Å². The van der Waals surface area contributed by atoms with Crippen molar-refractivity contribution in [1.29, 1.82) is 0 Å². The predicted molar refractivity (Wildman–Crippen MR) is 61.2 cm³/mol. The summed E-state index contributed by atoms with van der Waals surface area (Å²) in [5.41, 5.74) is -0.268. The molecule has 1 saturated carbocycles. The highest BCUT2D eigenvalue weighted by Crippen LogP contribution is 2.42. The van der Waals surface area contributed by atoms with Crippen LogP contribution in [0.1, 0.15) is 25.1 Å². The molecule has 1 N–H and O–H groups in total. The molecule has 3 rings (SSSR count). The summed E-state index contributed by atoms with van der Waals surface area (Å²) < 4.78 is 1.53. The molecule has 1 aliphatic carbocycles. The first kappa shape index (κ1) is 10.5. The van der Waals surface area contributed by atoms with E-state index in [4.69, 9.17) is 11.6 Å². The van der Waals surface area contributed by atoms with Crippen LogP contribution >= 0.6 is 11.6 Å². The van der Waals surface area contributed by atoms with Gasteiger partial charge in [-0.3, -0.25) is 4.79 Å². The van der Waals surface area contributed by atoms with Gasteiger partial charge in [0.05, 0.1) is 5.02 Å². The first-order chi connectivity index (χ1) is 8.12. The number of carbonyl (C=O) groups is 1. The van der Waals surface area contributed by atoms with Crippen LogP contribution in [0.15, 0.2) is 18.3 Å². The maximum absolute atomic E-state index is 11.3. The largest absolute Gasteiger partial charge is 0.480 e. The molecule has 0 radical (unpaired) electrons. The Morgan fingerprint density at radius 1 is 1.47 bits per heavy atom. The Morgan fingerprint density at radius 2 is 2.24 bits per heavy atom. The molecule has 88 valence electrons. The molecule has 0 aromatic carbocycles. The standard InChI is InChI=1S/C11H10ClN3O2/c12-7-2-3-8-13-9(14-15(8)6-7)11(10(16)17)4-1-5-11/h2-3,6H,1,4-5H2,(H,16,17). The van der Waals surface area contributed by atoms with Crippen molar-refractivity contribution in [3.05, 3.63) is 29.2 Å². The lowest BCUT2D eigenvalue weighted by molar-refractivity contribution is -0.147. The number of carboxylic acid groups (broad SMARTS) is 1. The molecule has 0 unspecified atom stereocenters. The fraction of sp³-hybridized carbons (Fsp3) is 0.364. The van der Waals surface area contributed by atoms with Crippen molar-refractivity contribution in [2.45, 2.75) is 24.7 Å². The van der Waals surface area contributed by atoms with E-state index in [0.717, 1.165) is 6.42 Å². The first-order valence-electron chi connectivity index (χ1n) is 5.38. The highest BCUT2D eigenvalue weighted by atomic mass is 35.5. The summed E-state index contributed by atoms with van der Waals surface area (Å²) in [5.74, 6) is -0.454. The van der Waals surface area contributed by atoms with Gasteiger partial charge in [0.1, 0.15) is 5.41 Å². The van der Waals surface area contributed by atoms with Gasteiger partial charge in [-0.15, -0.1) is 0 Å². The molecule has 17 heavy (non-hydrogen) atoms. The Morgan fingerprint density at radius 3 is 2.82 bits per heavy atom. The number of aliphatic carboxylic acids is 1. The van der Waals surface area contributed by atoms with E-state index in [1.165, 1.54) is 4.52 Å². The zero-order valence-corrected chi connectivity index (χ0v) is 9.68. The Labute approximate surface area is 102 Å². The highest BCUT2D eigenvalue weighted by molar-refractivity contribution is 6.30. The average molecular weight is 252 g/mol. The SMILES string of the molecule is O=C(O)C1(c2nc3ccc(Cl)cn3n2)CCC1. The van der Waals surface area contributed by atoms with Crippen molar-refractivity contribution in [2.24, 2.45) is 0 Å². The van der Waals surface area contributed by atoms with Crippen molar-refractivity contribution in [3.8, 4) is 0 Å². The Balaban J connectivity index is 2.14. The molecular weight excluding hydrogens is 242 g/mol. The summed E-state index contributed by atoms with van der Waals surface area (Å²) in [5, 5.41) is 14.1. The van der Waals surface area contributed by atoms with E-state index >= 15 is 0 Å². The van der Waals surface area contributed by atoms with Gasteiger partial charge in [0.2, 0.25) is 0 Å². The summed E-state index contributed by atoms with van der Waals surface area (Å²) in [6, 6.07) is 3.44. The minimum Gasteiger partial charge on any atom is -0.480 e. The van der Waals surface area contributed by atoms with E-state index in [1.807, 2.05) is 0 Å². The number of carboxylic acids is 1. The van der Waals surface area contributed by atoms with Crippen LogP contribution in [-0.2, 0) is 10.2 Å². The van der Waals surface area contributed by atoms with E-state index < -0.39 is 11.4 Å². The van der Waals surface area contributed by atoms with E-state index in [2.05, 4.69) is 10.1 Å². The minimum absolute atomic E-state index is 0.388. The van der Waals surface area contributed by atoms with Gasteiger partial charge in [-0.25, -0.2) is 9.50 Å². The van der Waals surface area contributed by atoms with E-state index in [1.54, 1.807) is 18.3 Å². The number of nitrogens with zero attached hydrogens (tertiary/aromatic N) is 3. The molecule has 0 atom stereocenters. The second-order valence-electron chi connectivity index (χ2n) is 4.33. The van der Waals surface area contributed by atoms with Gasteiger partial charge in [0, 0.05) is 6.20 Å². The van der Waals surface area contributed by atoms with Crippen LogP contribution in [0.2, 0.25) is 5.02 Å². The van der Waals surface area contributed by atoms with Crippen molar-refractivity contribution in [3.63, 3.8) is 0 Å². The van der Waals surface area contributed by atoms with Crippen LogP contribution < -0.4 is 0 Å². The molecule has 0 saturated heterocycles. The zero-order valence-electron chi connectivity index (χ0n) is 8.93. The number of rotatable bonds is 2. The van der Waals surface area contributed by atoms with Crippen molar-refractivity contribution < 1.29 is 9.90 Å². The summed E-state index contributed by atoms with van der Waals surface area (Å²) in [6.45, 7) is 0. The fourth-order valence-corrected chi connectivity index (χ4v) is 2.28. The molecule has 0 aliphatic heterocycles. The molecule has 0 amide bonds. The molecule has 6 heteroatoms. The van der Waals surface area contributed by atoms with Gasteiger partial charge >= 0.3 is 5.97 Å². The Hall–Kier alpha value is -1.62. The van der Waals surface area contributed by atoms with Crippen LogP contribution in [0.5, 0.6) is 0 Å². The van der Waals surface area contributed by atoms with E-state index in [9.17, 15) is 9.90 Å². The zero-order chi connectivity index (χ0) is 12.0. The summed E-state index contributed by atoms with van der Waals surface area (Å²) >= 11 is 5.85. The summed E-state index contributed by atoms with van der Waals surface area (Å²) in [7, 11) is 0. The van der Waals surface area contributed by atoms with Crippen LogP contribution in [0.25, 0.3) is 5.65 Å². The minimum atomic E-state index is -0.890. The van der Waals surface area contributed by atoms with E-state index in [0.29, 0.717) is 29.3 Å². The highest BCUT2D eigenvalue weighted by Gasteiger charge is 2.49. The number of pyridine rings is 1. The normalized spacial score (nSPS) is 17.9. The van der Waals surface area contributed by atoms with Gasteiger partial charge in [-0.05, 0) is 25.0 Å². The van der Waals surface area contributed by atoms with Gasteiger partial charge < -0.3 is 5.11 Å². The first-order valence-corrected chi connectivity index (χ1v) is 5.75. The predicted octanol–water partition coefficient (Wildman–Crippen LogP) is 1.89. The van der Waals surface area contributed by atoms with Gasteiger partial charge in [-0.1, -0.05) is 18.0 Å². The molecule has 2 aromatic rings. The Bertz CT molecular complexity index is 604. The number of fused-ring (bicyclic) bond motifs is 1. The Kier molecular flexibility index (Phi) is 2.13. The summed E-state index contributed by atoms with van der Waals surface area (Å²) in [6.07, 6.45) is 3.74. The molecule has 1 fully saturated rings. The van der Waals surface area contributed by atoms with Crippen LogP contribution in [0.4, 0.5) is 0 Å². The monoisotopic (exact) mass is 251 g/mol. The topological polar surface area (TPSA) is 67.5 Å². The lowest BCUT2D eigenvalue weighted by Gasteiger charge is -2.34. The summed E-state index contributed by atoms with van der Waals surface area (Å²) in [4.78, 5) is 15.6. The number of hydrogen-bond acceptors (Lipinski definition) is 3. The number of hydrogen-bond donors (Lipinski definition) is 1. The smallest absolute Gasteiger partial charge is 0.317 e. The molecular formula is C11H10ClN3O2. The van der Waals surface area contributed by atoms with Gasteiger partial charge in [-0.2, -0.15) is 5.10 Å². The molecule has 5 nitrogen and oxygen atoms in total. The van der Waals surface area contributed by atoms with Gasteiger partial charge in [0.25, 0.3) is 0 Å². The lowest BCUT2D eigenvalue weighted by Crippen LogP contribution is -2.43.